The van der Waals surface area contributed by atoms with E-state index in [1.807, 2.05) is 0 Å². The number of hydrogen-bond acceptors (Lipinski definition) is 6. The van der Waals surface area contributed by atoms with Crippen LogP contribution in [0.15, 0.2) is 48.5 Å². The Balaban J connectivity index is 1.58. The highest BCUT2D eigenvalue weighted by atomic mass is 35.5. The number of ether oxygens (including phenoxy) is 2. The maximum Gasteiger partial charge on any atom is 0.338 e. The highest BCUT2D eigenvalue weighted by Gasteiger charge is 2.38. The minimum absolute atomic E-state index is 0.0156. The topological polar surface area (TPSA) is 72.8 Å². The van der Waals surface area contributed by atoms with Gasteiger partial charge in [0.1, 0.15) is 18.1 Å². The van der Waals surface area contributed by atoms with Crippen molar-refractivity contribution in [2.75, 3.05) is 6.61 Å². The highest BCUT2D eigenvalue weighted by Crippen LogP contribution is 2.35. The lowest BCUT2D eigenvalue weighted by Gasteiger charge is -2.19. The molecule has 0 saturated carbocycles. The van der Waals surface area contributed by atoms with Crippen LogP contribution in [0.25, 0.3) is 0 Å². The van der Waals surface area contributed by atoms with Gasteiger partial charge in [-0.25, -0.2) is 9.59 Å². The molecule has 0 radical (unpaired) electrons. The number of benzene rings is 2. The van der Waals surface area contributed by atoms with Crippen molar-refractivity contribution in [1.29, 1.82) is 0 Å². The van der Waals surface area contributed by atoms with Crippen LogP contribution in [0.1, 0.15) is 27.1 Å². The van der Waals surface area contributed by atoms with E-state index in [1.165, 1.54) is 11.8 Å². The molecule has 1 aliphatic heterocycles. The molecule has 142 valence electrons. The van der Waals surface area contributed by atoms with E-state index in [0.717, 1.165) is 0 Å². The molecular weight excluding hydrogens is 411 g/mol. The predicted molar refractivity (Wildman–Crippen MR) is 104 cm³/mol. The fourth-order valence-corrected chi connectivity index (χ4v) is 4.03. The Kier molecular flexibility index (Phi) is 6.65. The Labute approximate surface area is 170 Å². The second-order valence-corrected chi connectivity index (χ2v) is 8.22. The quantitative estimate of drug-likeness (QED) is 0.722. The summed E-state index contributed by atoms with van der Waals surface area (Å²) in [4.78, 5) is 24.4. The fraction of sp³-hybridized carbons (Fsp3) is 0.263. The second-order valence-electron chi connectivity index (χ2n) is 5.92. The van der Waals surface area contributed by atoms with Gasteiger partial charge in [0.15, 0.2) is 0 Å². The molecule has 1 unspecified atom stereocenters. The fourth-order valence-electron chi connectivity index (χ4n) is 2.58. The number of thioether (sulfide) groups is 1. The van der Waals surface area contributed by atoms with Gasteiger partial charge in [-0.15, -0.1) is 11.8 Å². The van der Waals surface area contributed by atoms with E-state index >= 15 is 0 Å². The molecule has 0 bridgehead atoms. The molecule has 8 heteroatoms. The normalized spacial score (nSPS) is 21.7. The van der Waals surface area contributed by atoms with Crippen molar-refractivity contribution in [2.24, 2.45) is 0 Å². The molecule has 1 aliphatic rings. The maximum absolute atomic E-state index is 12.3. The molecule has 0 aliphatic carbocycles. The first kappa shape index (κ1) is 20.0. The lowest BCUT2D eigenvalue weighted by molar-refractivity contribution is 0.0178. The Bertz CT molecular complexity index is 810. The summed E-state index contributed by atoms with van der Waals surface area (Å²) in [5.74, 6) is -1.02. The molecule has 1 N–H and O–H groups in total. The third kappa shape index (κ3) is 5.39. The summed E-state index contributed by atoms with van der Waals surface area (Å²) in [5.41, 5.74) is 0.0487. The molecule has 0 amide bonds. The SMILES string of the molecule is O=C(OC[C@@H]1SC(O)C[C@H]1OC(=O)c1ccc(Cl)cc1)c1ccc(Cl)cc1. The Morgan fingerprint density at radius 1 is 0.963 bits per heavy atom. The average molecular weight is 427 g/mol. The van der Waals surface area contributed by atoms with E-state index in [0.29, 0.717) is 21.2 Å². The van der Waals surface area contributed by atoms with Crippen molar-refractivity contribution in [3.63, 3.8) is 0 Å². The largest absolute Gasteiger partial charge is 0.461 e. The van der Waals surface area contributed by atoms with Crippen molar-refractivity contribution in [3.05, 3.63) is 69.7 Å². The summed E-state index contributed by atoms with van der Waals surface area (Å²) in [5, 5.41) is 10.6. The van der Waals surface area contributed by atoms with Crippen LogP contribution in [0.4, 0.5) is 0 Å². The van der Waals surface area contributed by atoms with Gasteiger partial charge in [-0.05, 0) is 48.5 Å². The summed E-state index contributed by atoms with van der Waals surface area (Å²) >= 11 is 12.8. The van der Waals surface area contributed by atoms with Crippen LogP contribution in [0, 0.1) is 0 Å². The van der Waals surface area contributed by atoms with Gasteiger partial charge in [0.25, 0.3) is 0 Å². The van der Waals surface area contributed by atoms with E-state index in [1.54, 1.807) is 48.5 Å². The number of rotatable bonds is 5. The number of aliphatic hydroxyl groups excluding tert-OH is 1. The zero-order valence-corrected chi connectivity index (χ0v) is 16.3. The molecule has 2 aromatic rings. The van der Waals surface area contributed by atoms with Crippen molar-refractivity contribution in [2.45, 2.75) is 23.2 Å². The van der Waals surface area contributed by atoms with E-state index < -0.39 is 23.5 Å². The Morgan fingerprint density at radius 3 is 2.04 bits per heavy atom. The van der Waals surface area contributed by atoms with Crippen LogP contribution < -0.4 is 0 Å². The molecule has 1 saturated heterocycles. The molecule has 0 spiro atoms. The van der Waals surface area contributed by atoms with Crippen molar-refractivity contribution in [1.82, 2.24) is 0 Å². The highest BCUT2D eigenvalue weighted by molar-refractivity contribution is 8.00. The molecule has 5 nitrogen and oxygen atoms in total. The number of carbonyl (C=O) groups is 2. The van der Waals surface area contributed by atoms with Gasteiger partial charge in [-0.2, -0.15) is 0 Å². The Hall–Kier alpha value is -1.73. The number of aliphatic hydroxyl groups is 1. The maximum atomic E-state index is 12.3. The number of halogens is 2. The van der Waals surface area contributed by atoms with E-state index in [-0.39, 0.29) is 18.3 Å². The standard InChI is InChI=1S/C19H16Cl2O5S/c20-13-5-1-11(2-6-13)18(23)25-10-16-15(9-17(22)27-16)26-19(24)12-3-7-14(21)8-4-12/h1-8,15-17,22H,9-10H2/t15-,16+,17?/m1/s1. The second kappa shape index (κ2) is 8.97. The van der Waals surface area contributed by atoms with Crippen molar-refractivity contribution < 1.29 is 24.2 Å². The van der Waals surface area contributed by atoms with Gasteiger partial charge in [0.2, 0.25) is 0 Å². The van der Waals surface area contributed by atoms with Crippen LogP contribution in [-0.4, -0.2) is 40.4 Å². The minimum atomic E-state index is -0.688. The number of hydrogen-bond donors (Lipinski definition) is 1. The van der Waals surface area contributed by atoms with Crippen molar-refractivity contribution in [3.8, 4) is 0 Å². The zero-order chi connectivity index (χ0) is 19.4. The van der Waals surface area contributed by atoms with E-state index in [4.69, 9.17) is 32.7 Å². The van der Waals surface area contributed by atoms with Gasteiger partial charge in [0, 0.05) is 16.5 Å². The van der Waals surface area contributed by atoms with Crippen molar-refractivity contribution >= 4 is 46.9 Å². The molecule has 3 rings (SSSR count). The van der Waals surface area contributed by atoms with Crippen LogP contribution in [0.5, 0.6) is 0 Å². The summed E-state index contributed by atoms with van der Waals surface area (Å²) in [6.07, 6.45) is -0.293. The first-order chi connectivity index (χ1) is 12.9. The number of esters is 2. The monoisotopic (exact) mass is 426 g/mol. The summed E-state index contributed by atoms with van der Waals surface area (Å²) in [6.45, 7) is 0.0156. The third-order valence-corrected chi connectivity index (χ3v) is 5.78. The van der Waals surface area contributed by atoms with Gasteiger partial charge in [0.05, 0.1) is 16.4 Å². The molecule has 1 heterocycles. The lowest BCUT2D eigenvalue weighted by Crippen LogP contribution is -2.29. The van der Waals surface area contributed by atoms with Crippen LogP contribution >= 0.6 is 35.0 Å². The van der Waals surface area contributed by atoms with Crippen LogP contribution in [-0.2, 0) is 9.47 Å². The molecule has 2 aromatic carbocycles. The summed E-state index contributed by atoms with van der Waals surface area (Å²) in [6, 6.07) is 12.7. The first-order valence-electron chi connectivity index (χ1n) is 8.15. The van der Waals surface area contributed by atoms with Crippen LogP contribution in [0.3, 0.4) is 0 Å². The molecular formula is C19H16Cl2O5S. The third-order valence-electron chi connectivity index (χ3n) is 3.98. The molecule has 1 fully saturated rings. The van der Waals surface area contributed by atoms with E-state index in [2.05, 4.69) is 0 Å². The lowest BCUT2D eigenvalue weighted by atomic mass is 10.2. The average Bonchev–Trinajstić information content (AvgIpc) is 3.00. The van der Waals surface area contributed by atoms with Crippen LogP contribution in [0.2, 0.25) is 10.0 Å². The summed E-state index contributed by atoms with van der Waals surface area (Å²) < 4.78 is 10.8. The Morgan fingerprint density at radius 2 is 1.48 bits per heavy atom. The van der Waals surface area contributed by atoms with Gasteiger partial charge < -0.3 is 14.6 Å². The smallest absolute Gasteiger partial charge is 0.338 e. The number of carbonyl (C=O) groups excluding carboxylic acids is 2. The van der Waals surface area contributed by atoms with Gasteiger partial charge in [-0.3, -0.25) is 0 Å². The summed E-state index contributed by atoms with van der Waals surface area (Å²) in [7, 11) is 0. The molecule has 27 heavy (non-hydrogen) atoms. The molecule has 0 aromatic heterocycles. The first-order valence-corrected chi connectivity index (χ1v) is 9.85. The zero-order valence-electron chi connectivity index (χ0n) is 14.0. The predicted octanol–water partition coefficient (Wildman–Crippen LogP) is 4.20. The minimum Gasteiger partial charge on any atom is -0.461 e. The van der Waals surface area contributed by atoms with Gasteiger partial charge in [-0.1, -0.05) is 23.2 Å². The van der Waals surface area contributed by atoms with Gasteiger partial charge >= 0.3 is 11.9 Å². The molecule has 3 atom stereocenters. The van der Waals surface area contributed by atoms with E-state index in [9.17, 15) is 14.7 Å².